The van der Waals surface area contributed by atoms with E-state index in [4.69, 9.17) is 28.9 Å². The van der Waals surface area contributed by atoms with Gasteiger partial charge in [0.1, 0.15) is 5.03 Å². The van der Waals surface area contributed by atoms with E-state index in [1.807, 2.05) is 36.4 Å². The Morgan fingerprint density at radius 3 is 2.55 bits per heavy atom. The van der Waals surface area contributed by atoms with Crippen molar-refractivity contribution >= 4 is 51.8 Å². The van der Waals surface area contributed by atoms with Gasteiger partial charge < -0.3 is 5.73 Å². The van der Waals surface area contributed by atoms with E-state index in [-0.39, 0.29) is 5.95 Å². The largest absolute Gasteiger partial charge is 0.368 e. The first-order chi connectivity index (χ1) is 9.63. The summed E-state index contributed by atoms with van der Waals surface area (Å²) >= 11 is 13.4. The summed E-state index contributed by atoms with van der Waals surface area (Å²) < 4.78 is 0. The highest BCUT2D eigenvalue weighted by atomic mass is 35.5. The molecule has 1 aromatic heterocycles. The second kappa shape index (κ2) is 5.48. The second-order valence-corrected chi connectivity index (χ2v) is 5.96. The smallest absolute Gasteiger partial charge is 0.221 e. The van der Waals surface area contributed by atoms with Crippen molar-refractivity contribution in [2.24, 2.45) is 0 Å². The van der Waals surface area contributed by atoms with Crippen molar-refractivity contribution in [3.8, 4) is 0 Å². The first-order valence-electron chi connectivity index (χ1n) is 5.78. The number of anilines is 1. The average Bonchev–Trinajstić information content (AvgIpc) is 2.43. The van der Waals surface area contributed by atoms with E-state index < -0.39 is 0 Å². The van der Waals surface area contributed by atoms with Crippen LogP contribution in [0.5, 0.6) is 0 Å². The van der Waals surface area contributed by atoms with Crippen LogP contribution in [0.15, 0.2) is 52.4 Å². The molecule has 0 aliphatic heterocycles. The Hall–Kier alpha value is -1.49. The summed E-state index contributed by atoms with van der Waals surface area (Å²) in [7, 11) is 0. The molecule has 0 fully saturated rings. The molecule has 0 amide bonds. The molecule has 0 unspecified atom stereocenters. The van der Waals surface area contributed by atoms with Gasteiger partial charge in [0.2, 0.25) is 5.95 Å². The van der Waals surface area contributed by atoms with Crippen molar-refractivity contribution in [1.29, 1.82) is 0 Å². The predicted molar refractivity (Wildman–Crippen MR) is 84.5 cm³/mol. The van der Waals surface area contributed by atoms with Crippen molar-refractivity contribution in [2.75, 3.05) is 5.73 Å². The van der Waals surface area contributed by atoms with Gasteiger partial charge in [-0.15, -0.1) is 0 Å². The maximum Gasteiger partial charge on any atom is 0.221 e. The lowest BCUT2D eigenvalue weighted by atomic mass is 10.2. The van der Waals surface area contributed by atoms with Crippen LogP contribution in [-0.2, 0) is 0 Å². The van der Waals surface area contributed by atoms with Gasteiger partial charge in [0.15, 0.2) is 0 Å². The molecular weight excluding hydrogens is 313 g/mol. The molecule has 0 aliphatic rings. The molecule has 3 aromatic rings. The fraction of sp³-hybridized carbons (Fsp3) is 0. The van der Waals surface area contributed by atoms with Crippen LogP contribution in [0, 0.1) is 0 Å². The Kier molecular flexibility index (Phi) is 3.70. The zero-order valence-corrected chi connectivity index (χ0v) is 12.5. The Morgan fingerprint density at radius 1 is 0.950 bits per heavy atom. The fourth-order valence-corrected chi connectivity index (χ4v) is 3.12. The molecule has 0 saturated heterocycles. The summed E-state index contributed by atoms with van der Waals surface area (Å²) in [5.74, 6) is 0.256. The van der Waals surface area contributed by atoms with Gasteiger partial charge in [-0.2, -0.15) is 0 Å². The van der Waals surface area contributed by atoms with Crippen LogP contribution >= 0.6 is 35.0 Å². The summed E-state index contributed by atoms with van der Waals surface area (Å²) in [5.41, 5.74) is 6.57. The van der Waals surface area contributed by atoms with Crippen LogP contribution in [0.4, 0.5) is 5.95 Å². The number of hydrogen-bond acceptors (Lipinski definition) is 4. The van der Waals surface area contributed by atoms with Crippen LogP contribution in [0.1, 0.15) is 0 Å². The third-order valence-corrected chi connectivity index (χ3v) is 4.42. The number of benzene rings is 2. The molecule has 0 radical (unpaired) electrons. The summed E-state index contributed by atoms with van der Waals surface area (Å²) in [4.78, 5) is 9.46. The van der Waals surface area contributed by atoms with Crippen LogP contribution in [0.2, 0.25) is 10.0 Å². The van der Waals surface area contributed by atoms with Crippen molar-refractivity contribution < 1.29 is 0 Å². The number of fused-ring (bicyclic) bond motifs is 1. The molecule has 3 rings (SSSR count). The summed E-state index contributed by atoms with van der Waals surface area (Å²) in [5, 5.41) is 2.80. The third kappa shape index (κ3) is 2.68. The van der Waals surface area contributed by atoms with Gasteiger partial charge in [-0.25, -0.2) is 9.97 Å². The number of hydrogen-bond donors (Lipinski definition) is 1. The lowest BCUT2D eigenvalue weighted by Crippen LogP contribution is -1.97. The summed E-state index contributed by atoms with van der Waals surface area (Å²) in [6.07, 6.45) is 0. The van der Waals surface area contributed by atoms with Gasteiger partial charge in [-0.3, -0.25) is 0 Å². The van der Waals surface area contributed by atoms with Gasteiger partial charge in [0.05, 0.1) is 15.6 Å². The highest BCUT2D eigenvalue weighted by molar-refractivity contribution is 7.99. The number of para-hydroxylation sites is 1. The maximum atomic E-state index is 6.03. The summed E-state index contributed by atoms with van der Waals surface area (Å²) in [6.45, 7) is 0. The maximum absolute atomic E-state index is 6.03. The van der Waals surface area contributed by atoms with E-state index in [0.29, 0.717) is 10.0 Å². The minimum atomic E-state index is 0.256. The topological polar surface area (TPSA) is 51.8 Å². The first-order valence-corrected chi connectivity index (χ1v) is 7.36. The molecule has 0 spiro atoms. The molecule has 2 N–H and O–H groups in total. The van der Waals surface area contributed by atoms with Crippen molar-refractivity contribution in [1.82, 2.24) is 9.97 Å². The van der Waals surface area contributed by atoms with E-state index in [1.165, 1.54) is 11.8 Å². The van der Waals surface area contributed by atoms with Gasteiger partial charge >= 0.3 is 0 Å². The molecule has 3 nitrogen and oxygen atoms in total. The third-order valence-electron chi connectivity index (χ3n) is 2.69. The zero-order chi connectivity index (χ0) is 14.1. The number of halogens is 2. The van der Waals surface area contributed by atoms with E-state index in [2.05, 4.69) is 9.97 Å². The second-order valence-electron chi connectivity index (χ2n) is 4.08. The molecule has 0 aliphatic carbocycles. The Balaban J connectivity index is 2.07. The Bertz CT molecular complexity index is 792. The van der Waals surface area contributed by atoms with Crippen molar-refractivity contribution in [3.05, 3.63) is 52.5 Å². The number of nitrogens with two attached hydrogens (primary N) is 1. The van der Waals surface area contributed by atoms with Gasteiger partial charge in [0, 0.05) is 10.3 Å². The van der Waals surface area contributed by atoms with E-state index >= 15 is 0 Å². The van der Waals surface area contributed by atoms with Crippen LogP contribution in [0.3, 0.4) is 0 Å². The molecular formula is C14H9Cl2N3S. The minimum Gasteiger partial charge on any atom is -0.368 e. The van der Waals surface area contributed by atoms with Gasteiger partial charge in [0.25, 0.3) is 0 Å². The Labute approximate surface area is 130 Å². The van der Waals surface area contributed by atoms with Crippen LogP contribution in [-0.4, -0.2) is 9.97 Å². The predicted octanol–water partition coefficient (Wildman–Crippen LogP) is 4.67. The number of rotatable bonds is 2. The fourth-order valence-electron chi connectivity index (χ4n) is 1.79. The lowest BCUT2D eigenvalue weighted by molar-refractivity contribution is 1.12. The van der Waals surface area contributed by atoms with Gasteiger partial charge in [-0.1, -0.05) is 53.2 Å². The molecule has 2 aromatic carbocycles. The molecule has 6 heteroatoms. The van der Waals surface area contributed by atoms with E-state index in [0.717, 1.165) is 20.8 Å². The zero-order valence-electron chi connectivity index (χ0n) is 10.2. The quantitative estimate of drug-likeness (QED) is 0.697. The monoisotopic (exact) mass is 321 g/mol. The molecule has 0 bridgehead atoms. The number of nitrogens with zero attached hydrogens (tertiary/aromatic N) is 2. The van der Waals surface area contributed by atoms with Gasteiger partial charge in [-0.05, 0) is 24.3 Å². The van der Waals surface area contributed by atoms with Crippen molar-refractivity contribution in [2.45, 2.75) is 9.92 Å². The lowest BCUT2D eigenvalue weighted by Gasteiger charge is -2.07. The number of aromatic nitrogens is 2. The highest BCUT2D eigenvalue weighted by Crippen LogP contribution is 2.34. The minimum absolute atomic E-state index is 0.256. The molecule has 1 heterocycles. The highest BCUT2D eigenvalue weighted by Gasteiger charge is 2.08. The summed E-state index contributed by atoms with van der Waals surface area (Å²) in [6, 6.07) is 13.2. The van der Waals surface area contributed by atoms with E-state index in [1.54, 1.807) is 6.07 Å². The number of nitrogen functional groups attached to an aromatic ring is 1. The SMILES string of the molecule is Nc1nc(Sc2ccc(Cl)c(Cl)c2)c2ccccc2n1. The average molecular weight is 322 g/mol. The Morgan fingerprint density at radius 2 is 1.75 bits per heavy atom. The standard InChI is InChI=1S/C14H9Cl2N3S/c15-10-6-5-8(7-11(10)16)20-13-9-3-1-2-4-12(9)18-14(17)19-13/h1-7H,(H2,17,18,19). The first kappa shape index (κ1) is 13.5. The van der Waals surface area contributed by atoms with Crippen LogP contribution < -0.4 is 5.73 Å². The molecule has 20 heavy (non-hydrogen) atoms. The van der Waals surface area contributed by atoms with E-state index in [9.17, 15) is 0 Å². The van der Waals surface area contributed by atoms with Crippen molar-refractivity contribution in [3.63, 3.8) is 0 Å². The molecule has 0 atom stereocenters. The normalized spacial score (nSPS) is 10.9. The molecule has 100 valence electrons. The van der Waals surface area contributed by atoms with Crippen LogP contribution in [0.25, 0.3) is 10.9 Å². The molecule has 0 saturated carbocycles.